The maximum atomic E-state index is 12.8. The molecule has 2 fully saturated rings. The van der Waals surface area contributed by atoms with Crippen LogP contribution in [0.3, 0.4) is 0 Å². The first-order valence-electron chi connectivity index (χ1n) is 11.5. The minimum absolute atomic E-state index is 0.141. The van der Waals surface area contributed by atoms with Gasteiger partial charge in [-0.25, -0.2) is 0 Å². The molecule has 1 atom stereocenters. The van der Waals surface area contributed by atoms with Crippen molar-refractivity contribution in [2.75, 3.05) is 41.0 Å². The molecule has 1 unspecified atom stereocenters. The van der Waals surface area contributed by atoms with E-state index in [0.717, 1.165) is 62.2 Å². The number of amides is 1. The molecule has 6 nitrogen and oxygen atoms in total. The Morgan fingerprint density at radius 3 is 2.45 bits per heavy atom. The average Bonchev–Trinajstić information content (AvgIpc) is 3.55. The molecule has 2 aliphatic rings. The van der Waals surface area contributed by atoms with Gasteiger partial charge < -0.3 is 19.5 Å². The number of nitrogens with one attached hydrogen (secondary N) is 1. The number of carbonyl (C=O) groups is 1. The van der Waals surface area contributed by atoms with E-state index >= 15 is 0 Å². The highest BCUT2D eigenvalue weighted by Gasteiger charge is 2.58. The summed E-state index contributed by atoms with van der Waals surface area (Å²) in [6, 6.07) is 11.9. The van der Waals surface area contributed by atoms with Crippen LogP contribution in [0, 0.1) is 11.3 Å². The molecule has 1 aliphatic carbocycles. The maximum absolute atomic E-state index is 12.8. The van der Waals surface area contributed by atoms with E-state index in [1.807, 2.05) is 36.4 Å². The minimum Gasteiger partial charge on any atom is -0.496 e. The third-order valence-electron chi connectivity index (χ3n) is 7.20. The summed E-state index contributed by atoms with van der Waals surface area (Å²) in [7, 11) is 4.89. The van der Waals surface area contributed by atoms with Crippen molar-refractivity contribution in [3.63, 3.8) is 0 Å². The molecule has 1 spiro atoms. The highest BCUT2D eigenvalue weighted by Crippen LogP contribution is 2.59. The predicted octanol–water partition coefficient (Wildman–Crippen LogP) is 4.33. The van der Waals surface area contributed by atoms with Crippen molar-refractivity contribution in [3.8, 4) is 17.2 Å². The monoisotopic (exact) mass is 472 g/mol. The lowest BCUT2D eigenvalue weighted by Gasteiger charge is -2.33. The van der Waals surface area contributed by atoms with E-state index in [-0.39, 0.29) is 17.2 Å². The number of para-hydroxylation sites is 1. The largest absolute Gasteiger partial charge is 0.496 e. The maximum Gasteiger partial charge on any atom is 0.223 e. The molecule has 1 aliphatic heterocycles. The number of likely N-dealkylation sites (tertiary alicyclic amines) is 1. The molecule has 7 heteroatoms. The second-order valence-electron chi connectivity index (χ2n) is 9.02. The van der Waals surface area contributed by atoms with Gasteiger partial charge in [-0.3, -0.25) is 9.69 Å². The van der Waals surface area contributed by atoms with Gasteiger partial charge in [0.25, 0.3) is 0 Å². The summed E-state index contributed by atoms with van der Waals surface area (Å²) in [5.74, 6) is 2.43. The number of piperidine rings is 1. The SMILES string of the molecule is COc1ccccc1CCNC(=O)C1CC12CCN(Cc1ccc(OC)c(OC)c1Cl)CC2. The van der Waals surface area contributed by atoms with Crippen molar-refractivity contribution in [1.29, 1.82) is 0 Å². The number of methoxy groups -OCH3 is 3. The summed E-state index contributed by atoms with van der Waals surface area (Å²) >= 11 is 6.56. The molecular weight excluding hydrogens is 440 g/mol. The summed E-state index contributed by atoms with van der Waals surface area (Å²) in [5, 5.41) is 3.75. The molecule has 1 heterocycles. The van der Waals surface area contributed by atoms with Crippen molar-refractivity contribution < 1.29 is 19.0 Å². The topological polar surface area (TPSA) is 60.0 Å². The van der Waals surface area contributed by atoms with Gasteiger partial charge in [0.2, 0.25) is 5.91 Å². The molecule has 1 N–H and O–H groups in total. The number of rotatable bonds is 9. The molecule has 178 valence electrons. The van der Waals surface area contributed by atoms with E-state index in [1.54, 1.807) is 21.3 Å². The molecule has 1 saturated heterocycles. The van der Waals surface area contributed by atoms with Crippen molar-refractivity contribution >= 4 is 17.5 Å². The molecular formula is C26H33ClN2O4. The van der Waals surface area contributed by atoms with E-state index in [2.05, 4.69) is 10.2 Å². The van der Waals surface area contributed by atoms with Crippen molar-refractivity contribution in [2.24, 2.45) is 11.3 Å². The lowest BCUT2D eigenvalue weighted by molar-refractivity contribution is -0.123. The quantitative estimate of drug-likeness (QED) is 0.588. The van der Waals surface area contributed by atoms with Crippen molar-refractivity contribution in [1.82, 2.24) is 10.2 Å². The molecule has 2 aromatic carbocycles. The van der Waals surface area contributed by atoms with Gasteiger partial charge in [-0.15, -0.1) is 0 Å². The van der Waals surface area contributed by atoms with E-state index in [9.17, 15) is 4.79 Å². The van der Waals surface area contributed by atoms with Gasteiger partial charge >= 0.3 is 0 Å². The van der Waals surface area contributed by atoms with Gasteiger partial charge in [0.05, 0.1) is 26.4 Å². The Morgan fingerprint density at radius 2 is 1.76 bits per heavy atom. The van der Waals surface area contributed by atoms with Crippen LogP contribution in [0.2, 0.25) is 5.02 Å². The standard InChI is InChI=1S/C26H33ClN2O4/c1-31-21-7-5-4-6-18(21)10-13-28-25(30)20-16-26(20)11-14-29(15-12-26)17-19-8-9-22(32-2)24(33-3)23(19)27/h4-9,20H,10-17H2,1-3H3,(H,28,30). The van der Waals surface area contributed by atoms with Gasteiger partial charge in [0.1, 0.15) is 5.75 Å². The highest BCUT2D eigenvalue weighted by atomic mass is 35.5. The Balaban J connectivity index is 1.25. The van der Waals surface area contributed by atoms with Gasteiger partial charge in [-0.1, -0.05) is 35.9 Å². The van der Waals surface area contributed by atoms with Crippen LogP contribution in [0.5, 0.6) is 17.2 Å². The minimum atomic E-state index is 0.141. The van der Waals surface area contributed by atoms with Gasteiger partial charge in [0.15, 0.2) is 11.5 Å². The zero-order valence-electron chi connectivity index (χ0n) is 19.7. The molecule has 0 aromatic heterocycles. The van der Waals surface area contributed by atoms with Gasteiger partial charge in [-0.05, 0) is 67.4 Å². The second-order valence-corrected chi connectivity index (χ2v) is 9.40. The Morgan fingerprint density at radius 1 is 1.03 bits per heavy atom. The molecule has 0 radical (unpaired) electrons. The van der Waals surface area contributed by atoms with Crippen molar-refractivity contribution in [2.45, 2.75) is 32.2 Å². The first kappa shape index (κ1) is 23.7. The number of nitrogens with zero attached hydrogens (tertiary/aromatic N) is 1. The molecule has 1 saturated carbocycles. The lowest BCUT2D eigenvalue weighted by atomic mass is 9.90. The summed E-state index contributed by atoms with van der Waals surface area (Å²) in [4.78, 5) is 15.2. The fourth-order valence-electron chi connectivity index (χ4n) is 5.07. The first-order chi connectivity index (χ1) is 16.0. The summed E-state index contributed by atoms with van der Waals surface area (Å²) in [6.07, 6.45) is 3.86. The predicted molar refractivity (Wildman–Crippen MR) is 129 cm³/mol. The number of carbonyl (C=O) groups excluding carboxylic acids is 1. The molecule has 2 aromatic rings. The van der Waals surface area contributed by atoms with Crippen LogP contribution in [-0.2, 0) is 17.8 Å². The Hall–Kier alpha value is -2.44. The van der Waals surface area contributed by atoms with E-state index in [0.29, 0.717) is 23.1 Å². The fraction of sp³-hybridized carbons (Fsp3) is 0.500. The van der Waals surface area contributed by atoms with Crippen molar-refractivity contribution in [3.05, 3.63) is 52.5 Å². The molecule has 4 rings (SSSR count). The number of benzene rings is 2. The summed E-state index contributed by atoms with van der Waals surface area (Å²) in [6.45, 7) is 3.34. The average molecular weight is 473 g/mol. The normalized spacial score (nSPS) is 19.2. The van der Waals surface area contributed by atoms with Crippen LogP contribution in [0.1, 0.15) is 30.4 Å². The Kier molecular flexibility index (Phi) is 7.35. The molecule has 1 amide bonds. The molecule has 33 heavy (non-hydrogen) atoms. The number of hydrogen-bond donors (Lipinski definition) is 1. The van der Waals surface area contributed by atoms with E-state index < -0.39 is 0 Å². The van der Waals surface area contributed by atoms with Gasteiger partial charge in [0, 0.05) is 19.0 Å². The first-order valence-corrected chi connectivity index (χ1v) is 11.9. The van der Waals surface area contributed by atoms with Crippen LogP contribution >= 0.6 is 11.6 Å². The number of hydrogen-bond acceptors (Lipinski definition) is 5. The lowest BCUT2D eigenvalue weighted by Crippen LogP contribution is -2.37. The Bertz CT molecular complexity index is 988. The van der Waals surface area contributed by atoms with Crippen LogP contribution in [-0.4, -0.2) is 51.8 Å². The zero-order chi connectivity index (χ0) is 23.4. The number of ether oxygens (including phenoxy) is 3. The molecule has 0 bridgehead atoms. The zero-order valence-corrected chi connectivity index (χ0v) is 20.4. The smallest absolute Gasteiger partial charge is 0.223 e. The fourth-order valence-corrected chi connectivity index (χ4v) is 5.37. The van der Waals surface area contributed by atoms with E-state index in [1.165, 1.54) is 0 Å². The second kappa shape index (κ2) is 10.2. The van der Waals surface area contributed by atoms with Crippen LogP contribution < -0.4 is 19.5 Å². The summed E-state index contributed by atoms with van der Waals surface area (Å²) < 4.78 is 16.2. The highest BCUT2D eigenvalue weighted by molar-refractivity contribution is 6.33. The summed E-state index contributed by atoms with van der Waals surface area (Å²) in [5.41, 5.74) is 2.33. The third kappa shape index (κ3) is 5.07. The van der Waals surface area contributed by atoms with Crippen LogP contribution in [0.25, 0.3) is 0 Å². The van der Waals surface area contributed by atoms with Crippen LogP contribution in [0.15, 0.2) is 36.4 Å². The van der Waals surface area contributed by atoms with Gasteiger partial charge in [-0.2, -0.15) is 0 Å². The third-order valence-corrected chi connectivity index (χ3v) is 7.62. The van der Waals surface area contributed by atoms with E-state index in [4.69, 9.17) is 25.8 Å². The number of halogens is 1. The van der Waals surface area contributed by atoms with Crippen LogP contribution in [0.4, 0.5) is 0 Å². The Labute approximate surface area is 201 Å².